The van der Waals surface area contributed by atoms with Crippen LogP contribution < -0.4 is 5.32 Å². The maximum Gasteiger partial charge on any atom is 0.416 e. The first-order valence-electron chi connectivity index (χ1n) is 6.16. The van der Waals surface area contributed by atoms with Crippen molar-refractivity contribution in [3.63, 3.8) is 0 Å². The summed E-state index contributed by atoms with van der Waals surface area (Å²) in [7, 11) is 0. The van der Waals surface area contributed by atoms with Crippen LogP contribution in [0, 0.1) is 0 Å². The lowest BCUT2D eigenvalue weighted by Crippen LogP contribution is -2.17. The van der Waals surface area contributed by atoms with Crippen molar-refractivity contribution in [1.82, 2.24) is 15.5 Å². The van der Waals surface area contributed by atoms with Gasteiger partial charge in [0.05, 0.1) is 11.6 Å². The number of nitrogens with zero attached hydrogens (tertiary/aromatic N) is 2. The number of alkyl halides is 3. The van der Waals surface area contributed by atoms with E-state index in [2.05, 4.69) is 15.5 Å². The van der Waals surface area contributed by atoms with E-state index in [1.54, 1.807) is 0 Å². The molecule has 0 spiro atoms. The second-order valence-electron chi connectivity index (χ2n) is 4.30. The maximum absolute atomic E-state index is 12.5. The Hall–Kier alpha value is -1.47. The quantitative estimate of drug-likeness (QED) is 0.931. The molecule has 3 nitrogen and oxygen atoms in total. The number of aromatic nitrogens is 2. The van der Waals surface area contributed by atoms with E-state index >= 15 is 0 Å². The molecule has 0 aliphatic rings. The fourth-order valence-electron chi connectivity index (χ4n) is 1.72. The molecule has 0 bridgehead atoms. The van der Waals surface area contributed by atoms with Crippen LogP contribution in [0.1, 0.15) is 30.5 Å². The van der Waals surface area contributed by atoms with E-state index in [1.807, 2.05) is 13.8 Å². The summed E-state index contributed by atoms with van der Waals surface area (Å²) in [5.41, 5.74) is -0.0162. The molecule has 2 rings (SSSR count). The highest BCUT2D eigenvalue weighted by Gasteiger charge is 2.30. The third-order valence-corrected chi connectivity index (χ3v) is 3.94. The van der Waals surface area contributed by atoms with Crippen LogP contribution in [0.25, 0.3) is 10.6 Å². The zero-order chi connectivity index (χ0) is 14.8. The Morgan fingerprint density at radius 2 is 1.85 bits per heavy atom. The highest BCUT2D eigenvalue weighted by atomic mass is 32.1. The number of benzene rings is 1. The Morgan fingerprint density at radius 3 is 2.40 bits per heavy atom. The molecule has 0 aliphatic heterocycles. The van der Waals surface area contributed by atoms with Gasteiger partial charge in [0, 0.05) is 5.56 Å². The molecule has 7 heteroatoms. The van der Waals surface area contributed by atoms with Crippen LogP contribution in [0.3, 0.4) is 0 Å². The summed E-state index contributed by atoms with van der Waals surface area (Å²) in [5.74, 6) is 0. The summed E-state index contributed by atoms with van der Waals surface area (Å²) in [6.45, 7) is 4.78. The van der Waals surface area contributed by atoms with E-state index in [0.717, 1.165) is 23.7 Å². The van der Waals surface area contributed by atoms with Crippen molar-refractivity contribution in [2.75, 3.05) is 6.54 Å². The minimum Gasteiger partial charge on any atom is -0.308 e. The van der Waals surface area contributed by atoms with E-state index in [0.29, 0.717) is 10.6 Å². The van der Waals surface area contributed by atoms with Gasteiger partial charge in [0.1, 0.15) is 10.0 Å². The predicted octanol–water partition coefficient (Wildman–Crippen LogP) is 3.89. The van der Waals surface area contributed by atoms with E-state index in [-0.39, 0.29) is 6.04 Å². The molecule has 0 saturated heterocycles. The van der Waals surface area contributed by atoms with Gasteiger partial charge in [-0.3, -0.25) is 0 Å². The summed E-state index contributed by atoms with van der Waals surface area (Å²) in [6.07, 6.45) is -4.32. The lowest BCUT2D eigenvalue weighted by atomic mass is 10.1. The van der Waals surface area contributed by atoms with Crippen LogP contribution in [-0.2, 0) is 6.18 Å². The maximum atomic E-state index is 12.5. The van der Waals surface area contributed by atoms with Crippen molar-refractivity contribution in [2.24, 2.45) is 0 Å². The molecule has 1 aromatic heterocycles. The van der Waals surface area contributed by atoms with Gasteiger partial charge < -0.3 is 5.32 Å². The molecule has 1 unspecified atom stereocenters. The predicted molar refractivity (Wildman–Crippen MR) is 72.4 cm³/mol. The summed E-state index contributed by atoms with van der Waals surface area (Å²) in [5, 5.41) is 12.8. The van der Waals surface area contributed by atoms with Crippen LogP contribution in [0.4, 0.5) is 13.2 Å². The first-order chi connectivity index (χ1) is 9.41. The van der Waals surface area contributed by atoms with Crippen LogP contribution in [0.5, 0.6) is 0 Å². The molecular formula is C13H14F3N3S. The third kappa shape index (κ3) is 3.34. The number of nitrogens with one attached hydrogen (secondary N) is 1. The minimum absolute atomic E-state index is 0.0840. The van der Waals surface area contributed by atoms with Gasteiger partial charge in [-0.1, -0.05) is 30.4 Å². The molecule has 0 fully saturated rings. The molecule has 20 heavy (non-hydrogen) atoms. The lowest BCUT2D eigenvalue weighted by molar-refractivity contribution is -0.137. The summed E-state index contributed by atoms with van der Waals surface area (Å²) in [6, 6.07) is 5.05. The standard InChI is InChI=1S/C13H14F3N3S/c1-3-17-8(2)11-18-19-12(20-11)9-4-6-10(7-5-9)13(14,15)16/h4-8,17H,3H2,1-2H3. The fraction of sp³-hybridized carbons (Fsp3) is 0.385. The van der Waals surface area contributed by atoms with Crippen molar-refractivity contribution < 1.29 is 13.2 Å². The van der Waals surface area contributed by atoms with E-state index in [9.17, 15) is 13.2 Å². The minimum atomic E-state index is -4.32. The van der Waals surface area contributed by atoms with Crippen LogP contribution in [-0.4, -0.2) is 16.7 Å². The van der Waals surface area contributed by atoms with E-state index < -0.39 is 11.7 Å². The second kappa shape index (κ2) is 5.88. The van der Waals surface area contributed by atoms with Gasteiger partial charge in [-0.2, -0.15) is 13.2 Å². The Bertz CT molecular complexity index is 563. The molecule has 1 heterocycles. The van der Waals surface area contributed by atoms with Crippen LogP contribution in [0.15, 0.2) is 24.3 Å². The first-order valence-corrected chi connectivity index (χ1v) is 6.98. The number of halogens is 3. The van der Waals surface area contributed by atoms with Crippen molar-refractivity contribution in [3.8, 4) is 10.6 Å². The SMILES string of the molecule is CCNC(C)c1nnc(-c2ccc(C(F)(F)F)cc2)s1. The van der Waals surface area contributed by atoms with Gasteiger partial charge in [-0.15, -0.1) is 10.2 Å². The first kappa shape index (κ1) is 14.9. The van der Waals surface area contributed by atoms with Crippen LogP contribution >= 0.6 is 11.3 Å². The molecule has 0 aliphatic carbocycles. The van der Waals surface area contributed by atoms with Crippen molar-refractivity contribution in [3.05, 3.63) is 34.8 Å². The van der Waals surface area contributed by atoms with Gasteiger partial charge in [0.15, 0.2) is 0 Å². The number of hydrogen-bond donors (Lipinski definition) is 1. The average Bonchev–Trinajstić information content (AvgIpc) is 2.88. The normalized spacial score (nSPS) is 13.4. The Morgan fingerprint density at radius 1 is 1.20 bits per heavy atom. The largest absolute Gasteiger partial charge is 0.416 e. The summed E-state index contributed by atoms with van der Waals surface area (Å²) >= 11 is 1.38. The summed E-state index contributed by atoms with van der Waals surface area (Å²) < 4.78 is 37.4. The Kier molecular flexibility index (Phi) is 4.39. The molecule has 0 amide bonds. The molecule has 108 valence electrons. The monoisotopic (exact) mass is 301 g/mol. The van der Waals surface area contributed by atoms with Crippen LogP contribution in [0.2, 0.25) is 0 Å². The van der Waals surface area contributed by atoms with Gasteiger partial charge in [-0.25, -0.2) is 0 Å². The van der Waals surface area contributed by atoms with E-state index in [1.165, 1.54) is 23.5 Å². The molecule has 0 radical (unpaired) electrons. The summed E-state index contributed by atoms with van der Waals surface area (Å²) in [4.78, 5) is 0. The number of hydrogen-bond acceptors (Lipinski definition) is 4. The zero-order valence-corrected chi connectivity index (χ0v) is 11.8. The molecule has 2 aromatic rings. The average molecular weight is 301 g/mol. The Labute approximate surface area is 118 Å². The van der Waals surface area contributed by atoms with Crippen molar-refractivity contribution in [2.45, 2.75) is 26.1 Å². The lowest BCUT2D eigenvalue weighted by Gasteiger charge is -2.07. The van der Waals surface area contributed by atoms with Gasteiger partial charge in [-0.05, 0) is 25.6 Å². The zero-order valence-electron chi connectivity index (χ0n) is 11.0. The molecule has 1 N–H and O–H groups in total. The third-order valence-electron chi connectivity index (χ3n) is 2.78. The van der Waals surface area contributed by atoms with Crippen molar-refractivity contribution >= 4 is 11.3 Å². The molecule has 1 aromatic carbocycles. The smallest absolute Gasteiger partial charge is 0.308 e. The van der Waals surface area contributed by atoms with Crippen molar-refractivity contribution in [1.29, 1.82) is 0 Å². The molecule has 1 atom stereocenters. The van der Waals surface area contributed by atoms with Gasteiger partial charge in [0.25, 0.3) is 0 Å². The van der Waals surface area contributed by atoms with Gasteiger partial charge >= 0.3 is 6.18 Å². The topological polar surface area (TPSA) is 37.8 Å². The van der Waals surface area contributed by atoms with E-state index in [4.69, 9.17) is 0 Å². The number of rotatable bonds is 4. The highest BCUT2D eigenvalue weighted by molar-refractivity contribution is 7.14. The fourth-order valence-corrected chi connectivity index (χ4v) is 2.60. The molecular weight excluding hydrogens is 287 g/mol. The molecule has 0 saturated carbocycles. The Balaban J connectivity index is 2.20. The second-order valence-corrected chi connectivity index (χ2v) is 5.31. The van der Waals surface area contributed by atoms with Gasteiger partial charge in [0.2, 0.25) is 0 Å². The highest BCUT2D eigenvalue weighted by Crippen LogP contribution is 2.32.